The van der Waals surface area contributed by atoms with Crippen molar-refractivity contribution in [2.45, 2.75) is 19.3 Å². The first-order chi connectivity index (χ1) is 16.6. The van der Waals surface area contributed by atoms with Crippen LogP contribution in [0.15, 0.2) is 48.5 Å². The maximum atomic E-state index is 13.1. The number of morpholine rings is 1. The molecule has 7 nitrogen and oxygen atoms in total. The number of benzene rings is 2. The van der Waals surface area contributed by atoms with Gasteiger partial charge in [-0.25, -0.2) is 4.39 Å². The lowest BCUT2D eigenvalue weighted by Crippen LogP contribution is -2.41. The number of piperidine rings is 1. The molecule has 2 amide bonds. The van der Waals surface area contributed by atoms with E-state index in [1.54, 1.807) is 24.3 Å². The van der Waals surface area contributed by atoms with E-state index < -0.39 is 0 Å². The Morgan fingerprint density at radius 2 is 1.62 bits per heavy atom. The molecule has 2 aromatic rings. The van der Waals surface area contributed by atoms with Crippen LogP contribution < -0.4 is 10.6 Å². The second-order valence-electron chi connectivity index (χ2n) is 9.02. The first-order valence-electron chi connectivity index (χ1n) is 12.0. The molecule has 8 heteroatoms. The van der Waals surface area contributed by atoms with Crippen LogP contribution in [0.25, 0.3) is 0 Å². The third kappa shape index (κ3) is 7.09. The van der Waals surface area contributed by atoms with Crippen molar-refractivity contribution in [1.82, 2.24) is 9.80 Å². The van der Waals surface area contributed by atoms with Crippen molar-refractivity contribution in [3.8, 4) is 0 Å². The number of para-hydroxylation sites is 1. The van der Waals surface area contributed by atoms with Gasteiger partial charge in [0.1, 0.15) is 5.82 Å². The van der Waals surface area contributed by atoms with Crippen LogP contribution >= 0.6 is 0 Å². The van der Waals surface area contributed by atoms with Gasteiger partial charge in [-0.1, -0.05) is 12.1 Å². The van der Waals surface area contributed by atoms with Gasteiger partial charge in [0, 0.05) is 18.8 Å². The average molecular weight is 469 g/mol. The lowest BCUT2D eigenvalue weighted by atomic mass is 9.93. The molecule has 2 fully saturated rings. The van der Waals surface area contributed by atoms with Crippen molar-refractivity contribution in [1.29, 1.82) is 0 Å². The van der Waals surface area contributed by atoms with Crippen LogP contribution in [0.5, 0.6) is 0 Å². The van der Waals surface area contributed by atoms with Crippen LogP contribution in [0.1, 0.15) is 29.6 Å². The van der Waals surface area contributed by atoms with E-state index >= 15 is 0 Å². The van der Waals surface area contributed by atoms with Gasteiger partial charge in [0.05, 0.1) is 31.0 Å². The standard InChI is InChI=1S/C26H33FN4O3/c27-21-5-7-22(8-6-21)28-26(33)23-3-1-2-4-24(23)29-25(32)19-31-13-10-20(11-14-31)9-12-30-15-17-34-18-16-30/h1-8,20H,9-19H2,(H,28,33)(H,29,32). The number of ether oxygens (including phenoxy) is 1. The van der Waals surface area contributed by atoms with Crippen molar-refractivity contribution in [2.24, 2.45) is 5.92 Å². The van der Waals surface area contributed by atoms with E-state index in [9.17, 15) is 14.0 Å². The van der Waals surface area contributed by atoms with Gasteiger partial charge in [0.25, 0.3) is 5.91 Å². The Morgan fingerprint density at radius 3 is 2.35 bits per heavy atom. The Kier molecular flexibility index (Phi) is 8.62. The highest BCUT2D eigenvalue weighted by molar-refractivity contribution is 6.10. The van der Waals surface area contributed by atoms with Crippen LogP contribution in [-0.2, 0) is 9.53 Å². The van der Waals surface area contributed by atoms with Gasteiger partial charge < -0.3 is 15.4 Å². The van der Waals surface area contributed by atoms with Crippen molar-refractivity contribution in [3.63, 3.8) is 0 Å². The lowest BCUT2D eigenvalue weighted by molar-refractivity contribution is -0.117. The van der Waals surface area contributed by atoms with E-state index in [2.05, 4.69) is 20.4 Å². The highest BCUT2D eigenvalue weighted by Crippen LogP contribution is 2.22. The molecule has 182 valence electrons. The number of nitrogens with zero attached hydrogens (tertiary/aromatic N) is 2. The highest BCUT2D eigenvalue weighted by atomic mass is 19.1. The molecule has 2 N–H and O–H groups in total. The highest BCUT2D eigenvalue weighted by Gasteiger charge is 2.22. The molecule has 0 bridgehead atoms. The Balaban J connectivity index is 1.23. The molecular weight excluding hydrogens is 435 g/mol. The summed E-state index contributed by atoms with van der Waals surface area (Å²) < 4.78 is 18.5. The molecule has 0 aliphatic carbocycles. The average Bonchev–Trinajstić information content (AvgIpc) is 2.86. The van der Waals surface area contributed by atoms with Crippen LogP contribution in [0, 0.1) is 11.7 Å². The number of carbonyl (C=O) groups excluding carboxylic acids is 2. The van der Waals surface area contributed by atoms with Crippen LogP contribution in [-0.4, -0.2) is 74.1 Å². The predicted octanol–water partition coefficient (Wildman–Crippen LogP) is 3.45. The first-order valence-corrected chi connectivity index (χ1v) is 12.0. The summed E-state index contributed by atoms with van der Waals surface area (Å²) in [6.45, 7) is 7.00. The molecule has 4 rings (SSSR count). The third-order valence-electron chi connectivity index (χ3n) is 6.58. The fourth-order valence-corrected chi connectivity index (χ4v) is 4.54. The van der Waals surface area contributed by atoms with Crippen molar-refractivity contribution < 1.29 is 18.7 Å². The minimum atomic E-state index is -0.369. The summed E-state index contributed by atoms with van der Waals surface area (Å²) in [6, 6.07) is 12.5. The molecule has 0 spiro atoms. The summed E-state index contributed by atoms with van der Waals surface area (Å²) in [5, 5.41) is 5.64. The Morgan fingerprint density at radius 1 is 0.912 bits per heavy atom. The quantitative estimate of drug-likeness (QED) is 0.621. The fraction of sp³-hybridized carbons (Fsp3) is 0.462. The summed E-state index contributed by atoms with van der Waals surface area (Å²) in [4.78, 5) is 30.1. The van der Waals surface area contributed by atoms with Crippen molar-refractivity contribution >= 4 is 23.2 Å². The maximum Gasteiger partial charge on any atom is 0.257 e. The Bertz CT molecular complexity index is 955. The van der Waals surface area contributed by atoms with Gasteiger partial charge in [-0.2, -0.15) is 0 Å². The summed E-state index contributed by atoms with van der Waals surface area (Å²) >= 11 is 0. The number of hydrogen-bond acceptors (Lipinski definition) is 5. The summed E-state index contributed by atoms with van der Waals surface area (Å²) in [5.41, 5.74) is 1.32. The number of carbonyl (C=O) groups is 2. The number of likely N-dealkylation sites (tertiary alicyclic amines) is 1. The minimum Gasteiger partial charge on any atom is -0.379 e. The van der Waals surface area contributed by atoms with Crippen LogP contribution in [0.4, 0.5) is 15.8 Å². The number of rotatable bonds is 8. The molecule has 34 heavy (non-hydrogen) atoms. The Hall–Kier alpha value is -2.81. The molecule has 0 radical (unpaired) electrons. The van der Waals surface area contributed by atoms with Gasteiger partial charge in [0.15, 0.2) is 0 Å². The molecule has 2 aliphatic rings. The molecular formula is C26H33FN4O3. The number of halogens is 1. The molecule has 0 atom stereocenters. The fourth-order valence-electron chi connectivity index (χ4n) is 4.54. The second kappa shape index (κ2) is 12.1. The van der Waals surface area contributed by atoms with E-state index in [1.165, 1.54) is 30.7 Å². The van der Waals surface area contributed by atoms with Crippen LogP contribution in [0.2, 0.25) is 0 Å². The molecule has 0 unspecified atom stereocenters. The minimum absolute atomic E-state index is 0.131. The predicted molar refractivity (Wildman–Crippen MR) is 130 cm³/mol. The van der Waals surface area contributed by atoms with Crippen molar-refractivity contribution in [2.75, 3.05) is 63.1 Å². The lowest BCUT2D eigenvalue weighted by Gasteiger charge is -2.33. The molecule has 2 aliphatic heterocycles. The zero-order valence-corrected chi connectivity index (χ0v) is 19.5. The normalized spacial score (nSPS) is 17.9. The molecule has 2 heterocycles. The summed E-state index contributed by atoms with van der Waals surface area (Å²) in [7, 11) is 0. The van der Waals surface area contributed by atoms with E-state index in [-0.39, 0.29) is 17.6 Å². The largest absolute Gasteiger partial charge is 0.379 e. The van der Waals surface area contributed by atoms with E-state index in [0.29, 0.717) is 29.4 Å². The van der Waals surface area contributed by atoms with Gasteiger partial charge in [0.2, 0.25) is 5.91 Å². The molecule has 2 saturated heterocycles. The van der Waals surface area contributed by atoms with Crippen molar-refractivity contribution in [3.05, 3.63) is 59.9 Å². The molecule has 0 saturated carbocycles. The smallest absolute Gasteiger partial charge is 0.257 e. The van der Waals surface area contributed by atoms with Gasteiger partial charge in [-0.15, -0.1) is 0 Å². The Labute approximate surface area is 200 Å². The number of anilines is 2. The molecule has 0 aromatic heterocycles. The SMILES string of the molecule is O=C(CN1CCC(CCN2CCOCC2)CC1)Nc1ccccc1C(=O)Nc1ccc(F)cc1. The van der Waals surface area contributed by atoms with Crippen LogP contribution in [0.3, 0.4) is 0 Å². The van der Waals surface area contributed by atoms with E-state index in [0.717, 1.165) is 58.8 Å². The zero-order valence-electron chi connectivity index (χ0n) is 19.5. The maximum absolute atomic E-state index is 13.1. The number of amides is 2. The third-order valence-corrected chi connectivity index (χ3v) is 6.58. The summed E-state index contributed by atoms with van der Waals surface area (Å²) in [5.74, 6) is -0.151. The van der Waals surface area contributed by atoms with E-state index in [4.69, 9.17) is 4.74 Å². The second-order valence-corrected chi connectivity index (χ2v) is 9.02. The zero-order chi connectivity index (χ0) is 23.8. The van der Waals surface area contributed by atoms with Gasteiger partial charge >= 0.3 is 0 Å². The van der Waals surface area contributed by atoms with E-state index in [1.807, 2.05) is 0 Å². The summed E-state index contributed by atoms with van der Waals surface area (Å²) in [6.07, 6.45) is 3.42. The number of hydrogen-bond donors (Lipinski definition) is 2. The van der Waals surface area contributed by atoms with Gasteiger partial charge in [-0.3, -0.25) is 19.4 Å². The first kappa shape index (κ1) is 24.3. The number of nitrogens with one attached hydrogen (secondary N) is 2. The van der Waals surface area contributed by atoms with Gasteiger partial charge in [-0.05, 0) is 81.2 Å². The molecule has 2 aromatic carbocycles. The topological polar surface area (TPSA) is 73.9 Å². The monoisotopic (exact) mass is 468 g/mol.